The Kier molecular flexibility index (Phi) is 16.9. The molecule has 52 heavy (non-hydrogen) atoms. The van der Waals surface area contributed by atoms with Crippen LogP contribution in [0.15, 0.2) is 41.8 Å². The van der Waals surface area contributed by atoms with Crippen molar-refractivity contribution in [1.82, 2.24) is 25.4 Å². The van der Waals surface area contributed by atoms with Crippen LogP contribution in [-0.4, -0.2) is 82.1 Å². The number of carbonyl (C=O) groups excluding carboxylic acids is 5. The summed E-state index contributed by atoms with van der Waals surface area (Å²) in [5.74, 6) is -2.01. The fourth-order valence-electron chi connectivity index (χ4n) is 6.98. The Balaban J connectivity index is 0.00000282. The number of rotatable bonds is 14. The summed E-state index contributed by atoms with van der Waals surface area (Å²) in [5.41, 5.74) is 1.26. The number of nitrogens with zero attached hydrogens (tertiary/aromatic N) is 3. The van der Waals surface area contributed by atoms with E-state index in [4.69, 9.17) is 4.74 Å². The Hall–Kier alpha value is -3.64. The Morgan fingerprint density at radius 1 is 1.17 bits per heavy atom. The smallest absolute Gasteiger partial charge is 0.303 e. The Labute approximate surface area is 317 Å². The van der Waals surface area contributed by atoms with Gasteiger partial charge in [0.25, 0.3) is 5.91 Å². The quantitative estimate of drug-likeness (QED) is 0.118. The van der Waals surface area contributed by atoms with Crippen molar-refractivity contribution >= 4 is 40.9 Å². The Morgan fingerprint density at radius 2 is 1.88 bits per heavy atom. The van der Waals surface area contributed by atoms with Crippen LogP contribution in [0.2, 0.25) is 0 Å². The van der Waals surface area contributed by atoms with E-state index in [1.54, 1.807) is 11.5 Å². The number of amides is 4. The summed E-state index contributed by atoms with van der Waals surface area (Å²) >= 11 is 1.19. The number of likely N-dealkylation sites (tertiary alicyclic amines) is 2. The van der Waals surface area contributed by atoms with Crippen molar-refractivity contribution in [2.24, 2.45) is 17.8 Å². The summed E-state index contributed by atoms with van der Waals surface area (Å²) in [7, 11) is 1.94. The summed E-state index contributed by atoms with van der Waals surface area (Å²) in [5, 5.41) is 8.21. The highest BCUT2D eigenvalue weighted by atomic mass is 32.1. The second-order valence-electron chi connectivity index (χ2n) is 14.8. The first kappa shape index (κ1) is 42.8. The number of esters is 1. The number of nitrogens with one attached hydrogen (secondary N) is 2. The number of hydrogen-bond acceptors (Lipinski definition) is 9. The number of piperidine rings is 1. The van der Waals surface area contributed by atoms with Gasteiger partial charge in [-0.05, 0) is 70.9 Å². The second-order valence-corrected chi connectivity index (χ2v) is 15.7. The number of carbonyl (C=O) groups is 5. The molecule has 0 spiro atoms. The van der Waals surface area contributed by atoms with Crippen LogP contribution in [0.3, 0.4) is 0 Å². The molecule has 0 radical (unpaired) electrons. The van der Waals surface area contributed by atoms with Crippen molar-refractivity contribution in [3.63, 3.8) is 0 Å². The molecule has 2 saturated heterocycles. The van der Waals surface area contributed by atoms with Crippen molar-refractivity contribution in [1.29, 1.82) is 0 Å². The van der Waals surface area contributed by atoms with E-state index in [1.807, 2.05) is 53.5 Å². The first-order chi connectivity index (χ1) is 24.7. The molecule has 2 aliphatic heterocycles. The van der Waals surface area contributed by atoms with Crippen molar-refractivity contribution in [2.75, 3.05) is 13.6 Å². The van der Waals surface area contributed by atoms with Gasteiger partial charge >= 0.3 is 5.97 Å². The highest BCUT2D eigenvalue weighted by molar-refractivity contribution is 7.09. The van der Waals surface area contributed by atoms with Gasteiger partial charge in [0, 0.05) is 39.6 Å². The molecule has 4 rings (SSSR count). The van der Waals surface area contributed by atoms with Crippen LogP contribution in [-0.2, 0) is 23.9 Å². The van der Waals surface area contributed by atoms with Crippen LogP contribution >= 0.6 is 11.3 Å². The van der Waals surface area contributed by atoms with Gasteiger partial charge in [0.2, 0.25) is 17.7 Å². The molecule has 2 fully saturated rings. The minimum absolute atomic E-state index is 0. The Bertz CT molecular complexity index is 1480. The largest absolute Gasteiger partial charge is 0.455 e. The topological polar surface area (TPSA) is 138 Å². The summed E-state index contributed by atoms with van der Waals surface area (Å²) in [6, 6.07) is -1.67. The summed E-state index contributed by atoms with van der Waals surface area (Å²) in [6.45, 7) is 17.1. The van der Waals surface area contributed by atoms with Crippen LogP contribution in [0.25, 0.3) is 0 Å². The molecule has 0 saturated carbocycles. The zero-order valence-electron chi connectivity index (χ0n) is 32.5. The number of ether oxygens (including phenoxy) is 1. The van der Waals surface area contributed by atoms with Gasteiger partial charge in [0.05, 0.1) is 6.04 Å². The lowest BCUT2D eigenvalue weighted by atomic mass is 9.94. The zero-order valence-corrected chi connectivity index (χ0v) is 33.3. The van der Waals surface area contributed by atoms with Gasteiger partial charge in [-0.2, -0.15) is 0 Å². The van der Waals surface area contributed by atoms with Gasteiger partial charge in [-0.1, -0.05) is 77.3 Å². The lowest BCUT2D eigenvalue weighted by molar-refractivity contribution is -0.147. The molecule has 11 nitrogen and oxygen atoms in total. The molecule has 0 bridgehead atoms. The molecular formula is C40H65N5O6S. The predicted octanol–water partition coefficient (Wildman–Crippen LogP) is 7.02. The minimum Gasteiger partial charge on any atom is -0.455 e. The third kappa shape index (κ3) is 11.7. The second kappa shape index (κ2) is 20.6. The lowest BCUT2D eigenvalue weighted by Crippen LogP contribution is -2.57. The number of hydrogen-bond donors (Lipinski definition) is 2. The SMILES string of the molecule is C=CC.CC[C@H](C)[C@H](NC(=O)[C@H]1CCCCN1C)C(=O)N[C@H](C[C@@H](OC(C)=O)c1nc(C(=O)N2C(=O)[C@@H](C)C[C@@H]2CC2=CCCC=C2)cs1)C(C)C.[HH].[HH]. The Morgan fingerprint density at radius 3 is 2.48 bits per heavy atom. The van der Waals surface area contributed by atoms with Gasteiger partial charge in [-0.15, -0.1) is 17.9 Å². The molecule has 7 atom stereocenters. The van der Waals surface area contributed by atoms with Crippen LogP contribution < -0.4 is 10.6 Å². The maximum absolute atomic E-state index is 13.8. The fourth-order valence-corrected chi connectivity index (χ4v) is 7.81. The minimum atomic E-state index is -0.828. The number of imide groups is 1. The van der Waals surface area contributed by atoms with Gasteiger partial charge in [-0.25, -0.2) is 4.98 Å². The monoisotopic (exact) mass is 743 g/mol. The van der Waals surface area contributed by atoms with Gasteiger partial charge < -0.3 is 15.4 Å². The van der Waals surface area contributed by atoms with Gasteiger partial charge in [0.15, 0.2) is 6.10 Å². The molecular weight excluding hydrogens is 679 g/mol. The van der Waals surface area contributed by atoms with Crippen LogP contribution in [0.5, 0.6) is 0 Å². The lowest BCUT2D eigenvalue weighted by Gasteiger charge is -2.34. The van der Waals surface area contributed by atoms with Crippen molar-refractivity contribution in [3.05, 3.63) is 52.5 Å². The van der Waals surface area contributed by atoms with Crippen LogP contribution in [0.1, 0.15) is 131 Å². The van der Waals surface area contributed by atoms with Crippen molar-refractivity contribution in [3.8, 4) is 0 Å². The third-order valence-corrected chi connectivity index (χ3v) is 11.1. The van der Waals surface area contributed by atoms with Gasteiger partial charge in [0.1, 0.15) is 16.7 Å². The van der Waals surface area contributed by atoms with Gasteiger partial charge in [-0.3, -0.25) is 33.8 Å². The average Bonchev–Trinajstić information content (AvgIpc) is 3.70. The predicted molar refractivity (Wildman–Crippen MR) is 210 cm³/mol. The van der Waals surface area contributed by atoms with E-state index in [2.05, 4.69) is 40.4 Å². The molecule has 0 unspecified atom stereocenters. The summed E-state index contributed by atoms with van der Waals surface area (Å²) < 4.78 is 5.74. The standard InChI is InChI=1S/C37H55N5O6S.C3H6.2H2/c1-8-23(4)32(40-33(44)30-16-12-13-17-41(30)7)34(45)38-28(22(2)3)20-31(48-25(6)43)35-39-29(21-49-35)37(47)42-27(18-24(5)36(42)46)19-26-14-10-9-11-15-26;1-3-2;;/h10,14-15,21-24,27-28,30-32H,8-9,11-13,16-20H2,1-7H3,(H,38,45)(H,40,44);3H,1H2,2H3;2*1H/t23-,24-,27+,28+,30+,31+,32-;;;/m0.../s1. The normalized spacial score (nSPS) is 22.7. The molecule has 1 aliphatic carbocycles. The van der Waals surface area contributed by atoms with Crippen LogP contribution in [0.4, 0.5) is 0 Å². The maximum Gasteiger partial charge on any atom is 0.303 e. The number of thiazole rings is 1. The van der Waals surface area contributed by atoms with Crippen LogP contribution in [0, 0.1) is 17.8 Å². The maximum atomic E-state index is 13.8. The number of likely N-dealkylation sites (N-methyl/N-ethyl adjacent to an activating group) is 1. The van der Waals surface area contributed by atoms with E-state index in [1.165, 1.54) is 23.2 Å². The molecule has 1 aromatic rings. The molecule has 3 aliphatic rings. The summed E-state index contributed by atoms with van der Waals surface area (Å²) in [4.78, 5) is 74.4. The van der Waals surface area contributed by atoms with E-state index < -0.39 is 30.1 Å². The van der Waals surface area contributed by atoms with E-state index in [-0.39, 0.29) is 62.5 Å². The molecule has 2 N–H and O–H groups in total. The molecule has 1 aromatic heterocycles. The van der Waals surface area contributed by atoms with Crippen molar-refractivity contribution in [2.45, 2.75) is 137 Å². The van der Waals surface area contributed by atoms with E-state index in [0.29, 0.717) is 24.3 Å². The van der Waals surface area contributed by atoms with Crippen molar-refractivity contribution < 1.29 is 31.6 Å². The number of allylic oxidation sites excluding steroid dienone is 4. The molecule has 12 heteroatoms. The highest BCUT2D eigenvalue weighted by Gasteiger charge is 2.42. The zero-order chi connectivity index (χ0) is 38.5. The average molecular weight is 744 g/mol. The number of aromatic nitrogens is 1. The van der Waals surface area contributed by atoms with E-state index in [0.717, 1.165) is 44.2 Å². The van der Waals surface area contributed by atoms with E-state index >= 15 is 0 Å². The molecule has 4 amide bonds. The fraction of sp³-hybridized carbons (Fsp3) is 0.650. The summed E-state index contributed by atoms with van der Waals surface area (Å²) in [6.07, 6.45) is 14.1. The molecule has 3 heterocycles. The molecule has 292 valence electrons. The highest BCUT2D eigenvalue weighted by Crippen LogP contribution is 2.33. The third-order valence-electron chi connectivity index (χ3n) is 10.2. The van der Waals surface area contributed by atoms with E-state index in [9.17, 15) is 24.0 Å². The first-order valence-corrected chi connectivity index (χ1v) is 19.8. The first-order valence-electron chi connectivity index (χ1n) is 19.0. The molecule has 0 aromatic carbocycles.